The van der Waals surface area contributed by atoms with Gasteiger partial charge in [-0.15, -0.1) is 0 Å². The van der Waals surface area contributed by atoms with Crippen molar-refractivity contribution in [2.75, 3.05) is 13.2 Å². The van der Waals surface area contributed by atoms with E-state index in [-0.39, 0.29) is 12.4 Å². The lowest BCUT2D eigenvalue weighted by molar-refractivity contribution is -0.119. The first kappa shape index (κ1) is 17.9. The van der Waals surface area contributed by atoms with Crippen LogP contribution in [0.4, 0.5) is 4.39 Å². The monoisotopic (exact) mass is 352 g/mol. The van der Waals surface area contributed by atoms with Crippen LogP contribution < -0.4 is 15.8 Å². The number of hydrogen-bond acceptors (Lipinski definition) is 3. The lowest BCUT2D eigenvalue weighted by atomic mass is 10.0. The van der Waals surface area contributed by atoms with Gasteiger partial charge in [0, 0.05) is 12.1 Å². The number of fused-ring (bicyclic) bond motifs is 1. The van der Waals surface area contributed by atoms with E-state index in [1.165, 1.54) is 6.07 Å². The van der Waals surface area contributed by atoms with Gasteiger partial charge in [0.25, 0.3) is 5.91 Å². The molecule has 0 aliphatic carbocycles. The number of ether oxygens (including phenoxy) is 1. The molecular formula is C21H21FN2O2. The van der Waals surface area contributed by atoms with E-state index in [0.717, 1.165) is 16.3 Å². The summed E-state index contributed by atoms with van der Waals surface area (Å²) in [5.41, 5.74) is 6.83. The molecule has 4 nitrogen and oxygen atoms in total. The van der Waals surface area contributed by atoms with Crippen molar-refractivity contribution in [1.29, 1.82) is 0 Å². The molecule has 0 radical (unpaired) electrons. The number of rotatable bonds is 8. The van der Waals surface area contributed by atoms with Crippen LogP contribution in [0, 0.1) is 5.82 Å². The Morgan fingerprint density at radius 2 is 1.81 bits per heavy atom. The molecule has 0 bridgehead atoms. The predicted molar refractivity (Wildman–Crippen MR) is 100 cm³/mol. The van der Waals surface area contributed by atoms with Crippen LogP contribution in [0.3, 0.4) is 0 Å². The SMILES string of the molecule is NC(=O)COc1ccc2ccccc2c1CNCCc1ccccc1F. The van der Waals surface area contributed by atoms with Crippen LogP contribution in [0.1, 0.15) is 11.1 Å². The Morgan fingerprint density at radius 1 is 1.04 bits per heavy atom. The molecule has 26 heavy (non-hydrogen) atoms. The number of nitrogens with two attached hydrogens (primary N) is 1. The number of nitrogens with one attached hydrogen (secondary N) is 1. The maximum absolute atomic E-state index is 13.7. The predicted octanol–water partition coefficient (Wildman–Crippen LogP) is 3.18. The van der Waals surface area contributed by atoms with Gasteiger partial charge in [0.2, 0.25) is 0 Å². The lowest BCUT2D eigenvalue weighted by Gasteiger charge is -2.14. The fourth-order valence-electron chi connectivity index (χ4n) is 2.92. The first-order valence-corrected chi connectivity index (χ1v) is 8.51. The molecule has 3 aromatic carbocycles. The number of amides is 1. The third-order valence-electron chi connectivity index (χ3n) is 4.20. The van der Waals surface area contributed by atoms with Crippen molar-refractivity contribution in [3.8, 4) is 5.75 Å². The van der Waals surface area contributed by atoms with Gasteiger partial charge in [0.1, 0.15) is 11.6 Å². The Balaban J connectivity index is 1.73. The van der Waals surface area contributed by atoms with E-state index in [4.69, 9.17) is 10.5 Å². The van der Waals surface area contributed by atoms with Gasteiger partial charge in [-0.3, -0.25) is 4.79 Å². The van der Waals surface area contributed by atoms with Crippen LogP contribution in [0.25, 0.3) is 10.8 Å². The van der Waals surface area contributed by atoms with Crippen LogP contribution >= 0.6 is 0 Å². The molecule has 0 spiro atoms. The summed E-state index contributed by atoms with van der Waals surface area (Å²) < 4.78 is 19.3. The molecule has 0 atom stereocenters. The smallest absolute Gasteiger partial charge is 0.255 e. The second-order valence-electron chi connectivity index (χ2n) is 6.04. The average Bonchev–Trinajstić information content (AvgIpc) is 2.65. The minimum Gasteiger partial charge on any atom is -0.483 e. The maximum Gasteiger partial charge on any atom is 0.255 e. The largest absolute Gasteiger partial charge is 0.483 e. The number of carbonyl (C=O) groups excluding carboxylic acids is 1. The number of halogens is 1. The highest BCUT2D eigenvalue weighted by atomic mass is 19.1. The number of benzene rings is 3. The zero-order chi connectivity index (χ0) is 18.4. The third-order valence-corrected chi connectivity index (χ3v) is 4.20. The molecule has 3 rings (SSSR count). The van der Waals surface area contributed by atoms with Crippen LogP contribution in [-0.2, 0) is 17.8 Å². The van der Waals surface area contributed by atoms with E-state index >= 15 is 0 Å². The van der Waals surface area contributed by atoms with Gasteiger partial charge in [-0.1, -0.05) is 48.5 Å². The summed E-state index contributed by atoms with van der Waals surface area (Å²) in [6.07, 6.45) is 0.592. The quantitative estimate of drug-likeness (QED) is 0.612. The van der Waals surface area contributed by atoms with E-state index in [9.17, 15) is 9.18 Å². The Kier molecular flexibility index (Phi) is 5.81. The van der Waals surface area contributed by atoms with E-state index in [0.29, 0.717) is 30.8 Å². The second-order valence-corrected chi connectivity index (χ2v) is 6.04. The van der Waals surface area contributed by atoms with Crippen LogP contribution in [-0.4, -0.2) is 19.1 Å². The van der Waals surface area contributed by atoms with E-state index in [1.54, 1.807) is 12.1 Å². The Hall–Kier alpha value is -2.92. The van der Waals surface area contributed by atoms with Crippen molar-refractivity contribution >= 4 is 16.7 Å². The Morgan fingerprint density at radius 3 is 2.62 bits per heavy atom. The normalized spacial score (nSPS) is 10.8. The first-order valence-electron chi connectivity index (χ1n) is 8.51. The van der Waals surface area contributed by atoms with Gasteiger partial charge in [-0.05, 0) is 41.4 Å². The minimum absolute atomic E-state index is 0.166. The topological polar surface area (TPSA) is 64.4 Å². The maximum atomic E-state index is 13.7. The molecule has 0 heterocycles. The highest BCUT2D eigenvalue weighted by Crippen LogP contribution is 2.28. The summed E-state index contributed by atoms with van der Waals surface area (Å²) in [6.45, 7) is 1.00. The summed E-state index contributed by atoms with van der Waals surface area (Å²) in [4.78, 5) is 11.0. The average molecular weight is 352 g/mol. The van der Waals surface area contributed by atoms with Gasteiger partial charge >= 0.3 is 0 Å². The van der Waals surface area contributed by atoms with E-state index < -0.39 is 5.91 Å². The van der Waals surface area contributed by atoms with Gasteiger partial charge < -0.3 is 15.8 Å². The summed E-state index contributed by atoms with van der Waals surface area (Å²) in [5, 5.41) is 5.47. The van der Waals surface area contributed by atoms with E-state index in [2.05, 4.69) is 5.32 Å². The summed E-state index contributed by atoms with van der Waals surface area (Å²) in [5.74, 6) is -0.0811. The van der Waals surface area contributed by atoms with Crippen molar-refractivity contribution in [1.82, 2.24) is 5.32 Å². The Bertz CT molecular complexity index is 911. The molecule has 3 N–H and O–H groups in total. The highest BCUT2D eigenvalue weighted by molar-refractivity contribution is 5.88. The number of hydrogen-bond donors (Lipinski definition) is 2. The second kappa shape index (κ2) is 8.45. The summed E-state index contributed by atoms with van der Waals surface area (Å²) in [7, 11) is 0. The molecule has 3 aromatic rings. The molecule has 0 saturated heterocycles. The fourth-order valence-corrected chi connectivity index (χ4v) is 2.92. The van der Waals surface area contributed by atoms with Crippen LogP contribution in [0.15, 0.2) is 60.7 Å². The molecule has 134 valence electrons. The Labute approximate surface area is 151 Å². The standard InChI is InChI=1S/C21H21FN2O2/c22-19-8-4-2-6-16(19)11-12-24-13-18-17-7-3-1-5-15(17)9-10-20(18)26-14-21(23)25/h1-10,24H,11-14H2,(H2,23,25). The molecule has 0 aromatic heterocycles. The third kappa shape index (κ3) is 4.37. The minimum atomic E-state index is -0.517. The fraction of sp³-hybridized carbons (Fsp3) is 0.190. The van der Waals surface area contributed by atoms with E-state index in [1.807, 2.05) is 42.5 Å². The van der Waals surface area contributed by atoms with Crippen molar-refractivity contribution in [2.45, 2.75) is 13.0 Å². The zero-order valence-electron chi connectivity index (χ0n) is 14.4. The van der Waals surface area contributed by atoms with Gasteiger partial charge in [-0.25, -0.2) is 4.39 Å². The number of carbonyl (C=O) groups is 1. The number of primary amides is 1. The highest BCUT2D eigenvalue weighted by Gasteiger charge is 2.10. The molecular weight excluding hydrogens is 331 g/mol. The van der Waals surface area contributed by atoms with Crippen LogP contribution in [0.2, 0.25) is 0 Å². The van der Waals surface area contributed by atoms with Crippen LogP contribution in [0.5, 0.6) is 5.75 Å². The van der Waals surface area contributed by atoms with Crippen molar-refractivity contribution < 1.29 is 13.9 Å². The molecule has 5 heteroatoms. The first-order chi connectivity index (χ1) is 12.6. The zero-order valence-corrected chi connectivity index (χ0v) is 14.4. The summed E-state index contributed by atoms with van der Waals surface area (Å²) >= 11 is 0. The van der Waals surface area contributed by atoms with Gasteiger partial charge in [0.05, 0.1) is 0 Å². The lowest BCUT2D eigenvalue weighted by Crippen LogP contribution is -2.22. The van der Waals surface area contributed by atoms with Gasteiger partial charge in [0.15, 0.2) is 6.61 Å². The molecule has 1 amide bonds. The van der Waals surface area contributed by atoms with Crippen molar-refractivity contribution in [3.63, 3.8) is 0 Å². The molecule has 0 aliphatic rings. The molecule has 0 unspecified atom stereocenters. The molecule has 0 aliphatic heterocycles. The summed E-state index contributed by atoms with van der Waals surface area (Å²) in [6, 6.07) is 18.5. The molecule has 0 saturated carbocycles. The van der Waals surface area contributed by atoms with Gasteiger partial charge in [-0.2, -0.15) is 0 Å². The molecule has 0 fully saturated rings. The van der Waals surface area contributed by atoms with Crippen molar-refractivity contribution in [2.24, 2.45) is 5.73 Å². The van der Waals surface area contributed by atoms with Crippen molar-refractivity contribution in [3.05, 3.63) is 77.6 Å².